The molecule has 0 spiro atoms. The fourth-order valence-electron chi connectivity index (χ4n) is 3.50. The Kier molecular flexibility index (Phi) is 5.47. The number of aliphatic hydroxyl groups is 1. The summed E-state index contributed by atoms with van der Waals surface area (Å²) in [7, 11) is 0. The molecule has 0 unspecified atom stereocenters. The molecule has 2 aliphatic heterocycles. The van der Waals surface area contributed by atoms with Crippen LogP contribution in [0.4, 0.5) is 0 Å². The number of piperazine rings is 1. The molecule has 0 aliphatic carbocycles. The van der Waals surface area contributed by atoms with Gasteiger partial charge in [-0.1, -0.05) is 0 Å². The number of piperidine rings is 1. The summed E-state index contributed by atoms with van der Waals surface area (Å²) in [4.78, 5) is 27.5. The van der Waals surface area contributed by atoms with Gasteiger partial charge in [-0.15, -0.1) is 0 Å². The Bertz CT molecular complexity index is 580. The average Bonchev–Trinajstić information content (AvgIpc) is 3.04. The zero-order valence-corrected chi connectivity index (χ0v) is 13.9. The van der Waals surface area contributed by atoms with Gasteiger partial charge in [-0.3, -0.25) is 19.2 Å². The fourth-order valence-corrected chi connectivity index (χ4v) is 3.50. The summed E-state index contributed by atoms with van der Waals surface area (Å²) in [6, 6.07) is 2.02. The SMILES string of the molecule is O=C1CN(C(=O)CN2CCC(c3ccnn3CCO)CC2)CCN1. The first-order chi connectivity index (χ1) is 11.7. The van der Waals surface area contributed by atoms with Gasteiger partial charge in [0.25, 0.3) is 0 Å². The van der Waals surface area contributed by atoms with Crippen LogP contribution in [-0.2, 0) is 16.1 Å². The summed E-state index contributed by atoms with van der Waals surface area (Å²) >= 11 is 0. The van der Waals surface area contributed by atoms with Crippen LogP contribution in [0.25, 0.3) is 0 Å². The van der Waals surface area contributed by atoms with E-state index in [0.717, 1.165) is 25.9 Å². The van der Waals surface area contributed by atoms with Crippen LogP contribution in [0.15, 0.2) is 12.3 Å². The molecule has 2 N–H and O–H groups in total. The molecule has 3 rings (SSSR count). The molecule has 0 bridgehead atoms. The topological polar surface area (TPSA) is 90.7 Å². The van der Waals surface area contributed by atoms with Crippen LogP contribution in [0.5, 0.6) is 0 Å². The van der Waals surface area contributed by atoms with Crippen molar-refractivity contribution in [3.63, 3.8) is 0 Å². The smallest absolute Gasteiger partial charge is 0.239 e. The first-order valence-corrected chi connectivity index (χ1v) is 8.57. The van der Waals surface area contributed by atoms with E-state index in [0.29, 0.717) is 32.1 Å². The second kappa shape index (κ2) is 7.76. The Morgan fingerprint density at radius 1 is 1.33 bits per heavy atom. The van der Waals surface area contributed by atoms with Crippen molar-refractivity contribution >= 4 is 11.8 Å². The lowest BCUT2D eigenvalue weighted by Gasteiger charge is -2.34. The summed E-state index contributed by atoms with van der Waals surface area (Å²) in [5.41, 5.74) is 1.17. The number of amides is 2. The van der Waals surface area contributed by atoms with Gasteiger partial charge in [-0.2, -0.15) is 5.10 Å². The van der Waals surface area contributed by atoms with E-state index in [1.807, 2.05) is 10.7 Å². The van der Waals surface area contributed by atoms with Gasteiger partial charge in [0, 0.05) is 30.9 Å². The minimum absolute atomic E-state index is 0.0358. The largest absolute Gasteiger partial charge is 0.394 e. The van der Waals surface area contributed by atoms with Crippen molar-refractivity contribution < 1.29 is 14.7 Å². The van der Waals surface area contributed by atoms with Crippen LogP contribution < -0.4 is 5.32 Å². The molecular weight excluding hydrogens is 310 g/mol. The fraction of sp³-hybridized carbons (Fsp3) is 0.688. The molecule has 0 saturated carbocycles. The predicted molar refractivity (Wildman–Crippen MR) is 87.3 cm³/mol. The maximum absolute atomic E-state index is 12.3. The third-order valence-electron chi connectivity index (χ3n) is 4.82. The number of rotatable bonds is 5. The summed E-state index contributed by atoms with van der Waals surface area (Å²) in [5, 5.41) is 16.1. The number of aromatic nitrogens is 2. The molecule has 2 aliphatic rings. The zero-order chi connectivity index (χ0) is 16.9. The molecule has 2 saturated heterocycles. The van der Waals surface area contributed by atoms with Gasteiger partial charge in [0.05, 0.1) is 26.2 Å². The van der Waals surface area contributed by atoms with Crippen LogP contribution in [-0.4, -0.2) is 82.4 Å². The zero-order valence-electron chi connectivity index (χ0n) is 13.9. The highest BCUT2D eigenvalue weighted by atomic mass is 16.3. The van der Waals surface area contributed by atoms with Gasteiger partial charge in [0.2, 0.25) is 11.8 Å². The van der Waals surface area contributed by atoms with Gasteiger partial charge in [-0.05, 0) is 32.0 Å². The van der Waals surface area contributed by atoms with E-state index < -0.39 is 0 Å². The van der Waals surface area contributed by atoms with Crippen molar-refractivity contribution in [1.29, 1.82) is 0 Å². The van der Waals surface area contributed by atoms with Gasteiger partial charge in [0.1, 0.15) is 0 Å². The van der Waals surface area contributed by atoms with Gasteiger partial charge in [0.15, 0.2) is 0 Å². The lowest BCUT2D eigenvalue weighted by Crippen LogP contribution is -2.52. The van der Waals surface area contributed by atoms with E-state index >= 15 is 0 Å². The summed E-state index contributed by atoms with van der Waals surface area (Å²) in [6.07, 6.45) is 3.73. The first-order valence-electron chi connectivity index (χ1n) is 8.57. The number of hydrogen-bond acceptors (Lipinski definition) is 5. The maximum Gasteiger partial charge on any atom is 0.239 e. The summed E-state index contributed by atoms with van der Waals surface area (Å²) in [5.74, 6) is 0.380. The minimum atomic E-state index is -0.0783. The predicted octanol–water partition coefficient (Wildman–Crippen LogP) is -0.987. The molecule has 2 amide bonds. The van der Waals surface area contributed by atoms with Crippen LogP contribution in [0.1, 0.15) is 24.5 Å². The number of carbonyl (C=O) groups excluding carboxylic acids is 2. The number of likely N-dealkylation sites (tertiary alicyclic amines) is 1. The van der Waals surface area contributed by atoms with Crippen LogP contribution in [0, 0.1) is 0 Å². The number of nitrogens with zero attached hydrogens (tertiary/aromatic N) is 4. The third kappa shape index (κ3) is 3.93. The highest BCUT2D eigenvalue weighted by Crippen LogP contribution is 2.27. The quantitative estimate of drug-likeness (QED) is 0.721. The van der Waals surface area contributed by atoms with Crippen molar-refractivity contribution in [3.8, 4) is 0 Å². The molecule has 8 heteroatoms. The molecule has 0 atom stereocenters. The van der Waals surface area contributed by atoms with Crippen LogP contribution in [0.2, 0.25) is 0 Å². The van der Waals surface area contributed by atoms with Crippen LogP contribution >= 0.6 is 0 Å². The van der Waals surface area contributed by atoms with E-state index in [1.165, 1.54) is 5.69 Å². The lowest BCUT2D eigenvalue weighted by molar-refractivity contribution is -0.139. The molecule has 1 aromatic rings. The Morgan fingerprint density at radius 2 is 2.12 bits per heavy atom. The maximum atomic E-state index is 12.3. The molecule has 2 fully saturated rings. The number of aliphatic hydroxyl groups excluding tert-OH is 1. The lowest BCUT2D eigenvalue weighted by atomic mass is 9.93. The Hall–Kier alpha value is -1.93. The van der Waals surface area contributed by atoms with Crippen molar-refractivity contribution in [2.75, 3.05) is 45.9 Å². The second-order valence-electron chi connectivity index (χ2n) is 6.42. The number of nitrogens with one attached hydrogen (secondary N) is 1. The van der Waals surface area contributed by atoms with E-state index in [4.69, 9.17) is 5.11 Å². The molecule has 24 heavy (non-hydrogen) atoms. The first kappa shape index (κ1) is 16.9. The minimum Gasteiger partial charge on any atom is -0.394 e. The Balaban J connectivity index is 1.49. The average molecular weight is 335 g/mol. The summed E-state index contributed by atoms with van der Waals surface area (Å²) in [6.45, 7) is 4.04. The number of hydrogen-bond donors (Lipinski definition) is 2. The molecule has 8 nitrogen and oxygen atoms in total. The monoisotopic (exact) mass is 335 g/mol. The van der Waals surface area contributed by atoms with Gasteiger partial charge in [-0.25, -0.2) is 0 Å². The highest BCUT2D eigenvalue weighted by Gasteiger charge is 2.27. The molecule has 132 valence electrons. The summed E-state index contributed by atoms with van der Waals surface area (Å²) < 4.78 is 1.87. The normalized spacial score (nSPS) is 20.2. The van der Waals surface area contributed by atoms with Crippen molar-refractivity contribution in [3.05, 3.63) is 18.0 Å². The van der Waals surface area contributed by atoms with Crippen molar-refractivity contribution in [2.45, 2.75) is 25.3 Å². The molecular formula is C16H25N5O3. The highest BCUT2D eigenvalue weighted by molar-refractivity contribution is 5.86. The van der Waals surface area contributed by atoms with E-state index in [1.54, 1.807) is 11.1 Å². The molecule has 0 radical (unpaired) electrons. The second-order valence-corrected chi connectivity index (χ2v) is 6.42. The standard InChI is InChI=1S/C16H25N5O3/c22-10-9-21-14(1-4-18-21)13-2-6-19(7-3-13)12-16(24)20-8-5-17-15(23)11-20/h1,4,13,22H,2-3,5-12H2,(H,17,23). The van der Waals surface area contributed by atoms with E-state index in [9.17, 15) is 9.59 Å². The van der Waals surface area contributed by atoms with Gasteiger partial charge < -0.3 is 15.3 Å². The third-order valence-corrected chi connectivity index (χ3v) is 4.82. The molecule has 3 heterocycles. The Morgan fingerprint density at radius 3 is 2.83 bits per heavy atom. The van der Waals surface area contributed by atoms with Crippen LogP contribution in [0.3, 0.4) is 0 Å². The van der Waals surface area contributed by atoms with Crippen molar-refractivity contribution in [2.24, 2.45) is 0 Å². The van der Waals surface area contributed by atoms with Gasteiger partial charge >= 0.3 is 0 Å². The number of carbonyl (C=O) groups is 2. The van der Waals surface area contributed by atoms with E-state index in [-0.39, 0.29) is 25.0 Å². The molecule has 1 aromatic heterocycles. The molecule has 0 aromatic carbocycles. The Labute approximate surface area is 141 Å². The van der Waals surface area contributed by atoms with Crippen molar-refractivity contribution in [1.82, 2.24) is 24.9 Å². The van der Waals surface area contributed by atoms with E-state index in [2.05, 4.69) is 15.3 Å².